The van der Waals surface area contributed by atoms with Gasteiger partial charge in [0.2, 0.25) is 10.0 Å². The summed E-state index contributed by atoms with van der Waals surface area (Å²) in [6.07, 6.45) is 3.41. The van der Waals surface area contributed by atoms with Crippen LogP contribution in [0.5, 0.6) is 0 Å². The lowest BCUT2D eigenvalue weighted by atomic mass is 10.1. The van der Waals surface area contributed by atoms with E-state index >= 15 is 0 Å². The lowest BCUT2D eigenvalue weighted by Gasteiger charge is -2.15. The lowest BCUT2D eigenvalue weighted by molar-refractivity contribution is 0.520. The third kappa shape index (κ3) is 3.69. The van der Waals surface area contributed by atoms with Crippen LogP contribution in [-0.4, -0.2) is 36.8 Å². The normalized spacial score (nSPS) is 13.5. The zero-order valence-corrected chi connectivity index (χ0v) is 13.2. The summed E-state index contributed by atoms with van der Waals surface area (Å²) < 4.78 is 25.2. The summed E-state index contributed by atoms with van der Waals surface area (Å²) in [6.45, 7) is 2.71. The van der Waals surface area contributed by atoms with Gasteiger partial charge in [-0.25, -0.2) is 17.7 Å². The second kappa shape index (κ2) is 6.38. The highest BCUT2D eigenvalue weighted by Crippen LogP contribution is 2.18. The van der Waals surface area contributed by atoms with E-state index in [0.717, 1.165) is 11.3 Å². The molecule has 2 aromatic rings. The Hall–Kier alpha value is -1.70. The second-order valence-corrected chi connectivity index (χ2v) is 7.19. The van der Waals surface area contributed by atoms with E-state index in [4.69, 9.17) is 0 Å². The fraction of sp³-hybridized carbons (Fsp3) is 0.357. The maximum Gasteiger partial charge on any atom is 0.242 e. The maximum absolute atomic E-state index is 12.0. The molecule has 2 N–H and O–H groups in total. The van der Waals surface area contributed by atoms with Crippen molar-refractivity contribution in [1.82, 2.24) is 19.6 Å². The van der Waals surface area contributed by atoms with Crippen LogP contribution in [-0.2, 0) is 16.6 Å². The van der Waals surface area contributed by atoms with Crippen LogP contribution in [0.3, 0.4) is 0 Å². The smallest absolute Gasteiger partial charge is 0.242 e. The molecule has 0 radical (unpaired) electrons. The van der Waals surface area contributed by atoms with Crippen LogP contribution in [0.15, 0.2) is 41.7 Å². The molecule has 0 aliphatic heterocycles. The van der Waals surface area contributed by atoms with Gasteiger partial charge in [-0.15, -0.1) is 0 Å². The molecule has 1 heterocycles. The quantitative estimate of drug-likeness (QED) is 0.848. The number of benzene rings is 1. The first kappa shape index (κ1) is 15.7. The summed E-state index contributed by atoms with van der Waals surface area (Å²) in [5, 5.41) is 3.35. The van der Waals surface area contributed by atoms with Crippen LogP contribution in [0.2, 0.25) is 0 Å². The van der Waals surface area contributed by atoms with E-state index in [1.807, 2.05) is 19.1 Å². The number of sulfonamides is 1. The first-order chi connectivity index (χ1) is 9.91. The Bertz CT molecular complexity index is 664. The van der Waals surface area contributed by atoms with E-state index in [0.29, 0.717) is 11.4 Å². The number of imidazole rings is 1. The number of aromatic amines is 1. The van der Waals surface area contributed by atoms with Gasteiger partial charge in [-0.1, -0.05) is 12.1 Å². The van der Waals surface area contributed by atoms with Gasteiger partial charge >= 0.3 is 0 Å². The summed E-state index contributed by atoms with van der Waals surface area (Å²) in [7, 11) is -0.316. The molecule has 0 saturated heterocycles. The van der Waals surface area contributed by atoms with Crippen LogP contribution in [0.1, 0.15) is 24.2 Å². The van der Waals surface area contributed by atoms with Gasteiger partial charge in [-0.2, -0.15) is 0 Å². The first-order valence-corrected chi connectivity index (χ1v) is 8.08. The molecule has 1 aromatic heterocycles. The van der Waals surface area contributed by atoms with Crippen molar-refractivity contribution in [2.24, 2.45) is 0 Å². The minimum Gasteiger partial charge on any atom is -0.347 e. The number of aromatic nitrogens is 2. The van der Waals surface area contributed by atoms with Gasteiger partial charge in [0.05, 0.1) is 11.2 Å². The fourth-order valence-electron chi connectivity index (χ4n) is 1.90. The molecule has 0 aliphatic carbocycles. The molecule has 0 saturated carbocycles. The molecule has 0 aliphatic rings. The number of nitrogens with one attached hydrogen (secondary N) is 2. The molecule has 1 atom stereocenters. The highest BCUT2D eigenvalue weighted by Gasteiger charge is 2.17. The maximum atomic E-state index is 12.0. The van der Waals surface area contributed by atoms with Crippen molar-refractivity contribution in [3.8, 4) is 0 Å². The van der Waals surface area contributed by atoms with Crippen LogP contribution in [0.25, 0.3) is 0 Å². The number of nitrogens with zero attached hydrogens (tertiary/aromatic N) is 2. The Labute approximate surface area is 125 Å². The molecule has 0 bridgehead atoms. The molecule has 1 unspecified atom stereocenters. The van der Waals surface area contributed by atoms with Crippen molar-refractivity contribution in [1.29, 1.82) is 0 Å². The van der Waals surface area contributed by atoms with Crippen molar-refractivity contribution in [3.63, 3.8) is 0 Å². The minimum absolute atomic E-state index is 0.115. The van der Waals surface area contributed by atoms with Gasteiger partial charge < -0.3 is 10.3 Å². The van der Waals surface area contributed by atoms with E-state index in [9.17, 15) is 8.42 Å². The van der Waals surface area contributed by atoms with E-state index in [2.05, 4.69) is 15.3 Å². The van der Waals surface area contributed by atoms with Crippen molar-refractivity contribution in [3.05, 3.63) is 48.0 Å². The van der Waals surface area contributed by atoms with E-state index in [-0.39, 0.29) is 6.04 Å². The molecule has 2 rings (SSSR count). The van der Waals surface area contributed by atoms with Gasteiger partial charge in [0.15, 0.2) is 0 Å². The van der Waals surface area contributed by atoms with Crippen LogP contribution >= 0.6 is 0 Å². The molecule has 0 amide bonds. The van der Waals surface area contributed by atoms with Crippen molar-refractivity contribution in [2.45, 2.75) is 24.4 Å². The van der Waals surface area contributed by atoms with Crippen LogP contribution < -0.4 is 5.32 Å². The summed E-state index contributed by atoms with van der Waals surface area (Å²) in [5.74, 6) is 0. The molecule has 0 spiro atoms. The number of hydrogen-bond donors (Lipinski definition) is 2. The summed E-state index contributed by atoms with van der Waals surface area (Å²) >= 11 is 0. The monoisotopic (exact) mass is 308 g/mol. The van der Waals surface area contributed by atoms with Gasteiger partial charge in [-0.05, 0) is 24.6 Å². The highest BCUT2D eigenvalue weighted by atomic mass is 32.2. The average molecular weight is 308 g/mol. The molecule has 114 valence electrons. The predicted molar refractivity (Wildman–Crippen MR) is 81.2 cm³/mol. The van der Waals surface area contributed by atoms with Crippen molar-refractivity contribution >= 4 is 10.0 Å². The van der Waals surface area contributed by atoms with Gasteiger partial charge in [0.25, 0.3) is 0 Å². The molecular weight excluding hydrogens is 288 g/mol. The Morgan fingerprint density at radius 3 is 2.48 bits per heavy atom. The van der Waals surface area contributed by atoms with Crippen molar-refractivity contribution < 1.29 is 8.42 Å². The van der Waals surface area contributed by atoms with E-state index < -0.39 is 10.0 Å². The zero-order chi connectivity index (χ0) is 15.5. The number of rotatable bonds is 6. The third-order valence-electron chi connectivity index (χ3n) is 3.31. The van der Waals surface area contributed by atoms with Gasteiger partial charge in [0, 0.05) is 38.6 Å². The van der Waals surface area contributed by atoms with Crippen LogP contribution in [0.4, 0.5) is 0 Å². The largest absolute Gasteiger partial charge is 0.347 e. The Balaban J connectivity index is 2.05. The summed E-state index contributed by atoms with van der Waals surface area (Å²) in [5.41, 5.74) is 2.04. The molecule has 21 heavy (non-hydrogen) atoms. The Morgan fingerprint density at radius 2 is 1.95 bits per heavy atom. The molecule has 6 nitrogen and oxygen atoms in total. The molecule has 1 aromatic carbocycles. The summed E-state index contributed by atoms with van der Waals surface area (Å²) in [4.78, 5) is 7.29. The highest BCUT2D eigenvalue weighted by molar-refractivity contribution is 7.89. The third-order valence-corrected chi connectivity index (χ3v) is 5.14. The zero-order valence-electron chi connectivity index (χ0n) is 12.4. The predicted octanol–water partition coefficient (Wildman–Crippen LogP) is 1.51. The molecule has 7 heteroatoms. The average Bonchev–Trinajstić information content (AvgIpc) is 2.98. The number of hydrogen-bond acceptors (Lipinski definition) is 4. The van der Waals surface area contributed by atoms with E-state index in [1.165, 1.54) is 18.4 Å². The Kier molecular flexibility index (Phi) is 4.76. The SMILES string of the molecule is CC(NCc1cnc[nH]1)c1ccc(S(=O)(=O)N(C)C)cc1. The Morgan fingerprint density at radius 1 is 1.29 bits per heavy atom. The fourth-order valence-corrected chi connectivity index (χ4v) is 2.80. The van der Waals surface area contributed by atoms with Gasteiger partial charge in [-0.3, -0.25) is 0 Å². The standard InChI is InChI=1S/C14H20N4O2S/c1-11(16-9-13-8-15-10-17-13)12-4-6-14(7-5-12)21(19,20)18(2)3/h4-8,10-11,16H,9H2,1-3H3,(H,15,17). The molecule has 0 fully saturated rings. The minimum atomic E-state index is -3.37. The van der Waals surface area contributed by atoms with Crippen LogP contribution in [0, 0.1) is 0 Å². The lowest BCUT2D eigenvalue weighted by Crippen LogP contribution is -2.22. The number of H-pyrrole nitrogens is 1. The van der Waals surface area contributed by atoms with Crippen molar-refractivity contribution in [2.75, 3.05) is 14.1 Å². The topological polar surface area (TPSA) is 78.1 Å². The van der Waals surface area contributed by atoms with Gasteiger partial charge in [0.1, 0.15) is 0 Å². The second-order valence-electron chi connectivity index (χ2n) is 5.04. The van der Waals surface area contributed by atoms with E-state index in [1.54, 1.807) is 24.7 Å². The molecular formula is C14H20N4O2S. The first-order valence-electron chi connectivity index (χ1n) is 6.64. The summed E-state index contributed by atoms with van der Waals surface area (Å²) in [6, 6.07) is 7.06.